The quantitative estimate of drug-likeness (QED) is 0.140. The molecular weight excluding hydrogens is 468 g/mol. The van der Waals surface area contributed by atoms with E-state index in [0.29, 0.717) is 16.1 Å². The van der Waals surface area contributed by atoms with Gasteiger partial charge in [-0.15, -0.1) is 0 Å². The van der Waals surface area contributed by atoms with Crippen LogP contribution in [0.4, 0.5) is 5.69 Å². The number of pyridine rings is 1. The van der Waals surface area contributed by atoms with E-state index in [9.17, 15) is 24.5 Å². The zero-order chi connectivity index (χ0) is 24.6. The van der Waals surface area contributed by atoms with Crippen LogP contribution in [-0.4, -0.2) is 28.3 Å². The number of hydrogen-bond donors (Lipinski definition) is 0. The van der Waals surface area contributed by atoms with Crippen molar-refractivity contribution < 1.29 is 33.5 Å². The molecule has 0 saturated carbocycles. The highest BCUT2D eigenvalue weighted by atomic mass is 35.5. The fourth-order valence-corrected chi connectivity index (χ4v) is 3.13. The van der Waals surface area contributed by atoms with Gasteiger partial charge in [0.15, 0.2) is 0 Å². The number of rotatable bonds is 10. The van der Waals surface area contributed by atoms with Gasteiger partial charge in [-0.25, -0.2) is 14.4 Å². The summed E-state index contributed by atoms with van der Waals surface area (Å²) in [7, 11) is 0. The number of nitrogens with zero attached hydrogens (tertiary/aromatic N) is 2. The van der Waals surface area contributed by atoms with Crippen LogP contribution in [0.5, 0.6) is 0 Å². The second-order valence-corrected chi connectivity index (χ2v) is 7.18. The summed E-state index contributed by atoms with van der Waals surface area (Å²) in [5, 5.41) is 11.1. The highest BCUT2D eigenvalue weighted by Gasteiger charge is 2.54. The number of carbonyl (C=O) groups is 2. The van der Waals surface area contributed by atoms with Crippen molar-refractivity contribution in [1.82, 2.24) is 4.98 Å². The lowest BCUT2D eigenvalue weighted by molar-refractivity contribution is -0.384. The van der Waals surface area contributed by atoms with E-state index in [4.69, 9.17) is 25.8 Å². The molecule has 10 nitrogen and oxygen atoms in total. The third-order valence-corrected chi connectivity index (χ3v) is 5.06. The van der Waals surface area contributed by atoms with Crippen LogP contribution in [0.2, 0.25) is 5.02 Å². The second kappa shape index (κ2) is 11.0. The van der Waals surface area contributed by atoms with Crippen molar-refractivity contribution >= 4 is 35.7 Å². The Balaban J connectivity index is 1.87. The number of halogens is 1. The van der Waals surface area contributed by atoms with Crippen LogP contribution >= 0.6 is 11.6 Å². The molecule has 11 heteroatoms. The topological polar surface area (TPSA) is 135 Å². The van der Waals surface area contributed by atoms with Crippen molar-refractivity contribution in [3.8, 4) is 0 Å². The fourth-order valence-electron chi connectivity index (χ4n) is 2.94. The second-order valence-electron chi connectivity index (χ2n) is 6.77. The minimum atomic E-state index is -2.63. The SMILES string of the molecule is O=[C]OC(C(=O)OCc1ccc([N+](=O)[O-])cc1)(C(=O)OCc1ccccc1Cl)c1ccncc1. The van der Waals surface area contributed by atoms with Gasteiger partial charge in [0.25, 0.3) is 5.69 Å². The van der Waals surface area contributed by atoms with Crippen LogP contribution in [-0.2, 0) is 47.4 Å². The summed E-state index contributed by atoms with van der Waals surface area (Å²) in [4.78, 5) is 51.6. The third kappa shape index (κ3) is 5.36. The van der Waals surface area contributed by atoms with Gasteiger partial charge in [0.2, 0.25) is 0 Å². The van der Waals surface area contributed by atoms with Gasteiger partial charge in [-0.2, -0.15) is 0 Å². The van der Waals surface area contributed by atoms with Crippen LogP contribution in [0.3, 0.4) is 0 Å². The molecule has 0 saturated heterocycles. The lowest BCUT2D eigenvalue weighted by atomic mass is 9.94. The summed E-state index contributed by atoms with van der Waals surface area (Å²) in [6, 6.07) is 14.3. The predicted octanol–water partition coefficient (Wildman–Crippen LogP) is 3.41. The van der Waals surface area contributed by atoms with Crippen LogP contribution in [0.1, 0.15) is 16.7 Å². The molecule has 0 spiro atoms. The van der Waals surface area contributed by atoms with E-state index in [0.717, 1.165) is 6.47 Å². The Morgan fingerprint density at radius 3 is 2.18 bits per heavy atom. The standard InChI is InChI=1S/C23H16ClN2O8/c24-20-4-2-1-3-17(20)14-33-22(29)23(34-15-27,18-9-11-25-12-10-18)21(28)32-13-16-5-7-19(8-6-16)26(30)31/h1-12H,13-14H2. The molecule has 3 rings (SSSR count). The largest absolute Gasteiger partial charge is 0.457 e. The molecule has 1 unspecified atom stereocenters. The smallest absolute Gasteiger partial charge is 0.419 e. The van der Waals surface area contributed by atoms with Gasteiger partial charge in [0.1, 0.15) is 13.2 Å². The Hall–Kier alpha value is -4.31. The Labute approximate surface area is 198 Å². The Bertz CT molecular complexity index is 1190. The fraction of sp³-hybridized carbons (Fsp3) is 0.130. The Morgan fingerprint density at radius 1 is 0.971 bits per heavy atom. The lowest BCUT2D eigenvalue weighted by Gasteiger charge is -2.27. The molecule has 1 atom stereocenters. The first kappa shape index (κ1) is 24.3. The zero-order valence-electron chi connectivity index (χ0n) is 17.4. The molecular formula is C23H16ClN2O8. The van der Waals surface area contributed by atoms with Gasteiger partial charge in [-0.3, -0.25) is 15.1 Å². The summed E-state index contributed by atoms with van der Waals surface area (Å²) < 4.78 is 15.4. The highest BCUT2D eigenvalue weighted by Crippen LogP contribution is 2.30. The summed E-state index contributed by atoms with van der Waals surface area (Å²) >= 11 is 6.08. The summed E-state index contributed by atoms with van der Waals surface area (Å²) in [5.74, 6) is -2.50. The van der Waals surface area contributed by atoms with Crippen LogP contribution in [0.25, 0.3) is 0 Å². The number of hydrogen-bond acceptors (Lipinski definition) is 9. The van der Waals surface area contributed by atoms with Gasteiger partial charge in [0, 0.05) is 40.7 Å². The molecule has 0 aliphatic rings. The van der Waals surface area contributed by atoms with Crippen molar-refractivity contribution in [3.63, 3.8) is 0 Å². The highest BCUT2D eigenvalue weighted by molar-refractivity contribution is 6.31. The van der Waals surface area contributed by atoms with Gasteiger partial charge in [-0.1, -0.05) is 29.8 Å². The number of esters is 2. The van der Waals surface area contributed by atoms with E-state index in [1.54, 1.807) is 24.3 Å². The number of carbonyl (C=O) groups excluding carboxylic acids is 3. The van der Waals surface area contributed by atoms with Gasteiger partial charge >= 0.3 is 24.0 Å². The molecule has 0 N–H and O–H groups in total. The molecule has 3 aromatic rings. The molecule has 0 fully saturated rings. The minimum Gasteiger partial charge on any atom is -0.457 e. The monoisotopic (exact) mass is 483 g/mol. The normalized spacial score (nSPS) is 12.1. The van der Waals surface area contributed by atoms with Crippen molar-refractivity contribution in [2.24, 2.45) is 0 Å². The molecule has 0 bridgehead atoms. The average molecular weight is 484 g/mol. The number of nitro groups is 1. The molecule has 1 aromatic heterocycles. The number of ether oxygens (including phenoxy) is 3. The van der Waals surface area contributed by atoms with Gasteiger partial charge in [0.05, 0.1) is 4.92 Å². The zero-order valence-corrected chi connectivity index (χ0v) is 18.1. The molecule has 1 radical (unpaired) electrons. The first-order valence-corrected chi connectivity index (χ1v) is 10.0. The molecule has 0 amide bonds. The van der Waals surface area contributed by atoms with E-state index in [-0.39, 0.29) is 24.5 Å². The molecule has 173 valence electrons. The van der Waals surface area contributed by atoms with E-state index < -0.39 is 22.5 Å². The van der Waals surface area contributed by atoms with Crippen molar-refractivity contribution in [3.05, 3.63) is 105 Å². The van der Waals surface area contributed by atoms with Crippen molar-refractivity contribution in [2.75, 3.05) is 0 Å². The lowest BCUT2D eigenvalue weighted by Crippen LogP contribution is -2.48. The third-order valence-electron chi connectivity index (χ3n) is 4.69. The van der Waals surface area contributed by atoms with Crippen molar-refractivity contribution in [2.45, 2.75) is 18.8 Å². The van der Waals surface area contributed by atoms with Crippen LogP contribution < -0.4 is 0 Å². The number of nitro benzene ring substituents is 1. The molecule has 2 aromatic carbocycles. The van der Waals surface area contributed by atoms with Gasteiger partial charge in [-0.05, 0) is 35.9 Å². The van der Waals surface area contributed by atoms with Crippen molar-refractivity contribution in [1.29, 1.82) is 0 Å². The maximum atomic E-state index is 13.1. The number of benzene rings is 2. The average Bonchev–Trinajstić information content (AvgIpc) is 2.86. The number of non-ortho nitro benzene ring substituents is 1. The van der Waals surface area contributed by atoms with Gasteiger partial charge < -0.3 is 14.2 Å². The van der Waals surface area contributed by atoms with E-state index in [1.807, 2.05) is 0 Å². The van der Waals surface area contributed by atoms with E-state index in [2.05, 4.69) is 4.98 Å². The maximum absolute atomic E-state index is 13.1. The van der Waals surface area contributed by atoms with Crippen LogP contribution in [0.15, 0.2) is 73.1 Å². The summed E-state index contributed by atoms with van der Waals surface area (Å²) in [6.45, 7) is 0.436. The van der Waals surface area contributed by atoms with E-state index in [1.165, 1.54) is 48.8 Å². The molecule has 0 aliphatic heterocycles. The molecule has 0 aliphatic carbocycles. The summed E-state index contributed by atoms with van der Waals surface area (Å²) in [6.07, 6.45) is 2.56. The first-order chi connectivity index (χ1) is 16.4. The first-order valence-electron chi connectivity index (χ1n) is 9.65. The molecule has 1 heterocycles. The number of aromatic nitrogens is 1. The molecule has 34 heavy (non-hydrogen) atoms. The van der Waals surface area contributed by atoms with Crippen LogP contribution in [0, 0.1) is 10.1 Å². The Morgan fingerprint density at radius 2 is 1.59 bits per heavy atom. The van der Waals surface area contributed by atoms with E-state index >= 15 is 0 Å². The summed E-state index contributed by atoms with van der Waals surface area (Å²) in [5.41, 5.74) is -2.02. The predicted molar refractivity (Wildman–Crippen MR) is 117 cm³/mol. The maximum Gasteiger partial charge on any atom is 0.419 e. The minimum absolute atomic E-state index is 0.0799. The Kier molecular flexibility index (Phi) is 7.88.